The van der Waals surface area contributed by atoms with E-state index in [1.807, 2.05) is 12.1 Å². The molecule has 9 heteroatoms. The summed E-state index contributed by atoms with van der Waals surface area (Å²) < 4.78 is 6.04. The fraction of sp³-hybridized carbons (Fsp3) is 0.458. The number of ether oxygens (including phenoxy) is 1. The van der Waals surface area contributed by atoms with Crippen LogP contribution in [0.5, 0.6) is 11.5 Å². The van der Waals surface area contributed by atoms with Crippen molar-refractivity contribution in [2.75, 3.05) is 25.0 Å². The smallest absolute Gasteiger partial charge is 0.330 e. The number of phenolic OH excluding ortho intramolecular Hbond substituents is 1. The lowest BCUT2D eigenvalue weighted by Crippen LogP contribution is -2.42. The maximum atomic E-state index is 12.5. The van der Waals surface area contributed by atoms with Crippen molar-refractivity contribution in [2.45, 2.75) is 45.1 Å². The van der Waals surface area contributed by atoms with E-state index < -0.39 is 6.03 Å². The van der Waals surface area contributed by atoms with Gasteiger partial charge in [0.2, 0.25) is 5.91 Å². The molecule has 2 fully saturated rings. The molecule has 2 aromatic rings. The number of carbonyl (C=O) groups excluding carboxylic acids is 2. The zero-order valence-corrected chi connectivity index (χ0v) is 19.4. The molecule has 33 heavy (non-hydrogen) atoms. The molecule has 3 N–H and O–H groups in total. The van der Waals surface area contributed by atoms with Gasteiger partial charge in [0.15, 0.2) is 0 Å². The van der Waals surface area contributed by atoms with Gasteiger partial charge in [-0.05, 0) is 67.8 Å². The van der Waals surface area contributed by atoms with Crippen LogP contribution >= 0.6 is 12.4 Å². The average molecular weight is 473 g/mol. The van der Waals surface area contributed by atoms with Crippen LogP contribution in [0.3, 0.4) is 0 Å². The van der Waals surface area contributed by atoms with Crippen LogP contribution in [0.25, 0.3) is 11.3 Å². The third kappa shape index (κ3) is 4.77. The summed E-state index contributed by atoms with van der Waals surface area (Å²) in [5.74, 6) is 1.62. The maximum absolute atomic E-state index is 12.5. The Morgan fingerprint density at radius 3 is 2.82 bits per heavy atom. The molecular weight excluding hydrogens is 444 g/mol. The molecule has 0 radical (unpaired) electrons. The summed E-state index contributed by atoms with van der Waals surface area (Å²) >= 11 is 0. The zero-order valence-electron chi connectivity index (χ0n) is 18.6. The monoisotopic (exact) mass is 472 g/mol. The lowest BCUT2D eigenvalue weighted by molar-refractivity contribution is -0.126. The lowest BCUT2D eigenvalue weighted by Gasteiger charge is -2.32. The number of hydrogen-bond donors (Lipinski definition) is 3. The Hall–Kier alpha value is -2.84. The molecule has 1 saturated heterocycles. The van der Waals surface area contributed by atoms with E-state index in [4.69, 9.17) is 9.72 Å². The number of nitrogens with zero attached hydrogens (tertiary/aromatic N) is 2. The Kier molecular flexibility index (Phi) is 6.76. The fourth-order valence-corrected chi connectivity index (χ4v) is 4.51. The second kappa shape index (κ2) is 9.57. The van der Waals surface area contributed by atoms with Crippen LogP contribution in [0.4, 0.5) is 10.6 Å². The van der Waals surface area contributed by atoms with E-state index >= 15 is 0 Å². The molecule has 2 aliphatic heterocycles. The number of carbonyl (C=O) groups is 2. The summed E-state index contributed by atoms with van der Waals surface area (Å²) in [5, 5.41) is 17.0. The number of halogens is 1. The fourth-order valence-electron chi connectivity index (χ4n) is 4.51. The summed E-state index contributed by atoms with van der Waals surface area (Å²) in [6.45, 7) is 3.99. The van der Waals surface area contributed by atoms with Crippen molar-refractivity contribution in [1.29, 1.82) is 0 Å². The molecule has 1 aromatic carbocycles. The van der Waals surface area contributed by atoms with E-state index in [0.717, 1.165) is 37.1 Å². The van der Waals surface area contributed by atoms with Gasteiger partial charge >= 0.3 is 6.03 Å². The summed E-state index contributed by atoms with van der Waals surface area (Å²) in [7, 11) is 0. The predicted molar refractivity (Wildman–Crippen MR) is 127 cm³/mol. The first-order valence-electron chi connectivity index (χ1n) is 11.3. The quantitative estimate of drug-likeness (QED) is 0.607. The minimum absolute atomic E-state index is 0. The third-order valence-electron chi connectivity index (χ3n) is 6.49. The molecule has 5 rings (SSSR count). The van der Waals surface area contributed by atoms with Crippen molar-refractivity contribution < 1.29 is 19.4 Å². The molecule has 8 nitrogen and oxygen atoms in total. The van der Waals surface area contributed by atoms with Crippen LogP contribution in [-0.2, 0) is 11.3 Å². The number of amides is 3. The Morgan fingerprint density at radius 2 is 2.12 bits per heavy atom. The summed E-state index contributed by atoms with van der Waals surface area (Å²) in [6.07, 6.45) is 4.39. The van der Waals surface area contributed by atoms with Crippen LogP contribution in [-0.4, -0.2) is 46.6 Å². The number of phenols is 1. The average Bonchev–Trinajstić information content (AvgIpc) is 3.61. The Balaban J connectivity index is 0.00000259. The van der Waals surface area contributed by atoms with Crippen LogP contribution < -0.4 is 15.4 Å². The molecule has 176 valence electrons. The van der Waals surface area contributed by atoms with Crippen molar-refractivity contribution >= 4 is 30.2 Å². The molecule has 0 spiro atoms. The van der Waals surface area contributed by atoms with E-state index in [9.17, 15) is 14.7 Å². The van der Waals surface area contributed by atoms with Gasteiger partial charge in [0.25, 0.3) is 0 Å². The summed E-state index contributed by atoms with van der Waals surface area (Å²) in [5.41, 5.74) is 2.99. The number of anilines is 1. The normalized spacial score (nSPS) is 19.8. The van der Waals surface area contributed by atoms with E-state index in [-0.39, 0.29) is 36.5 Å². The highest BCUT2D eigenvalue weighted by Crippen LogP contribution is 2.42. The van der Waals surface area contributed by atoms with Gasteiger partial charge in [-0.15, -0.1) is 12.4 Å². The SMILES string of the molecule is CC(=O)N1Cc2c(C3CCCNC3)cc(-c3c(O)cccc3OCC3CC3)nc2NC1=O.Cl. The van der Waals surface area contributed by atoms with Crippen LogP contribution in [0.1, 0.15) is 49.7 Å². The van der Waals surface area contributed by atoms with E-state index in [0.29, 0.717) is 35.3 Å². The highest BCUT2D eigenvalue weighted by atomic mass is 35.5. The molecule has 1 saturated carbocycles. The summed E-state index contributed by atoms with van der Waals surface area (Å²) in [4.78, 5) is 30.4. The van der Waals surface area contributed by atoms with Crippen molar-refractivity contribution in [1.82, 2.24) is 15.2 Å². The van der Waals surface area contributed by atoms with Crippen molar-refractivity contribution in [2.24, 2.45) is 5.92 Å². The number of fused-ring (bicyclic) bond motifs is 1. The molecule has 3 amide bonds. The van der Waals surface area contributed by atoms with Gasteiger partial charge in [-0.1, -0.05) is 6.07 Å². The number of nitrogens with one attached hydrogen (secondary N) is 2. The number of piperidine rings is 1. The number of imide groups is 1. The molecule has 1 aliphatic carbocycles. The maximum Gasteiger partial charge on any atom is 0.330 e. The molecular formula is C24H29ClN4O4. The van der Waals surface area contributed by atoms with Crippen molar-refractivity contribution in [3.05, 3.63) is 35.4 Å². The number of aromatic hydroxyl groups is 1. The number of benzene rings is 1. The molecule has 3 aliphatic rings. The van der Waals surface area contributed by atoms with E-state index in [2.05, 4.69) is 10.6 Å². The first-order valence-corrected chi connectivity index (χ1v) is 11.3. The largest absolute Gasteiger partial charge is 0.507 e. The van der Waals surface area contributed by atoms with Gasteiger partial charge in [-0.25, -0.2) is 9.78 Å². The van der Waals surface area contributed by atoms with Gasteiger partial charge in [0.05, 0.1) is 24.4 Å². The van der Waals surface area contributed by atoms with Gasteiger partial charge in [-0.3, -0.25) is 15.0 Å². The van der Waals surface area contributed by atoms with Gasteiger partial charge in [0.1, 0.15) is 17.3 Å². The highest BCUT2D eigenvalue weighted by molar-refractivity contribution is 6.02. The summed E-state index contributed by atoms with van der Waals surface area (Å²) in [6, 6.07) is 6.74. The zero-order chi connectivity index (χ0) is 22.2. The topological polar surface area (TPSA) is 104 Å². The van der Waals surface area contributed by atoms with Crippen LogP contribution in [0.15, 0.2) is 24.3 Å². The minimum Gasteiger partial charge on any atom is -0.507 e. The van der Waals surface area contributed by atoms with Crippen molar-refractivity contribution in [3.63, 3.8) is 0 Å². The van der Waals surface area contributed by atoms with Crippen LogP contribution in [0.2, 0.25) is 0 Å². The number of rotatable bonds is 5. The van der Waals surface area contributed by atoms with Gasteiger partial charge in [0, 0.05) is 19.0 Å². The number of hydrogen-bond acceptors (Lipinski definition) is 6. The molecule has 1 unspecified atom stereocenters. The Bertz CT molecular complexity index is 1070. The number of urea groups is 1. The van der Waals surface area contributed by atoms with E-state index in [1.165, 1.54) is 24.7 Å². The third-order valence-corrected chi connectivity index (χ3v) is 6.49. The van der Waals surface area contributed by atoms with Crippen LogP contribution in [0, 0.1) is 5.92 Å². The Morgan fingerprint density at radius 1 is 1.30 bits per heavy atom. The van der Waals surface area contributed by atoms with E-state index in [1.54, 1.807) is 12.1 Å². The molecule has 3 heterocycles. The first-order chi connectivity index (χ1) is 15.5. The van der Waals surface area contributed by atoms with Crippen molar-refractivity contribution in [3.8, 4) is 22.8 Å². The molecule has 0 bridgehead atoms. The first kappa shape index (κ1) is 23.3. The second-order valence-corrected chi connectivity index (χ2v) is 8.91. The molecule has 1 atom stereocenters. The number of pyridine rings is 1. The van der Waals surface area contributed by atoms with Gasteiger partial charge in [-0.2, -0.15) is 0 Å². The highest BCUT2D eigenvalue weighted by Gasteiger charge is 2.32. The van der Waals surface area contributed by atoms with Gasteiger partial charge < -0.3 is 15.2 Å². The predicted octanol–water partition coefficient (Wildman–Crippen LogP) is 4.03. The number of aromatic nitrogens is 1. The minimum atomic E-state index is -0.482. The standard InChI is InChI=1S/C24H28N4O4.ClH/c1-14(29)28-12-18-17(16-4-3-9-25-11-16)10-19(26-23(18)27-24(28)31)22-20(30)5-2-6-21(22)32-13-15-7-8-15;/h2,5-6,10,15-16,25,30H,3-4,7-9,11-13H2,1H3,(H,26,27,31);1H. The molecule has 1 aromatic heterocycles. The Labute approximate surface area is 199 Å². The second-order valence-electron chi connectivity index (χ2n) is 8.91. The lowest BCUT2D eigenvalue weighted by atomic mass is 9.87.